The van der Waals surface area contributed by atoms with Gasteiger partial charge in [0.25, 0.3) is 0 Å². The van der Waals surface area contributed by atoms with Crippen molar-refractivity contribution in [1.29, 1.82) is 0 Å². The van der Waals surface area contributed by atoms with Crippen molar-refractivity contribution in [3.63, 3.8) is 0 Å². The largest absolute Gasteiger partial charge is 0.340 e. The van der Waals surface area contributed by atoms with Crippen molar-refractivity contribution in [2.24, 2.45) is 0 Å². The molecule has 136 valence electrons. The molecule has 2 aliphatic rings. The maximum atomic E-state index is 11.9. The molecule has 2 aliphatic heterocycles. The van der Waals surface area contributed by atoms with E-state index in [0.29, 0.717) is 6.54 Å². The van der Waals surface area contributed by atoms with Crippen LogP contribution in [0.1, 0.15) is 12.8 Å². The van der Waals surface area contributed by atoms with Gasteiger partial charge in [0, 0.05) is 52.2 Å². The molecule has 0 bridgehead atoms. The van der Waals surface area contributed by atoms with E-state index in [2.05, 4.69) is 25.2 Å². The molecule has 2 saturated heterocycles. The first-order valence-corrected chi connectivity index (χ1v) is 8.71. The Morgan fingerprint density at radius 2 is 1.72 bits per heavy atom. The van der Waals surface area contributed by atoms with E-state index in [-0.39, 0.29) is 18.5 Å². The first kappa shape index (κ1) is 17.6. The summed E-state index contributed by atoms with van der Waals surface area (Å²) in [5, 5.41) is 1.53. The SMILES string of the molecule is CN1C(=O)CNN(CCCCN2CCN(c3ncccn3)CC2)C1=O. The molecule has 25 heavy (non-hydrogen) atoms. The van der Waals surface area contributed by atoms with Gasteiger partial charge in [0.05, 0.1) is 6.54 Å². The van der Waals surface area contributed by atoms with Gasteiger partial charge in [-0.2, -0.15) is 0 Å². The van der Waals surface area contributed by atoms with Gasteiger partial charge in [-0.25, -0.2) is 20.2 Å². The normalized spacial score (nSPS) is 19.6. The van der Waals surface area contributed by atoms with E-state index in [1.54, 1.807) is 12.4 Å². The maximum Gasteiger partial charge on any atom is 0.340 e. The molecule has 3 heterocycles. The summed E-state index contributed by atoms with van der Waals surface area (Å²) in [6.45, 7) is 5.68. The summed E-state index contributed by atoms with van der Waals surface area (Å²) in [6, 6.07) is 1.56. The van der Waals surface area contributed by atoms with Crippen LogP contribution in [0, 0.1) is 0 Å². The van der Waals surface area contributed by atoms with Crippen molar-refractivity contribution in [1.82, 2.24) is 30.2 Å². The zero-order chi connectivity index (χ0) is 17.6. The number of nitrogens with one attached hydrogen (secondary N) is 1. The molecular weight excluding hydrogens is 322 g/mol. The number of carbonyl (C=O) groups excluding carboxylic acids is 2. The van der Waals surface area contributed by atoms with E-state index in [4.69, 9.17) is 0 Å². The van der Waals surface area contributed by atoms with Gasteiger partial charge >= 0.3 is 6.03 Å². The average Bonchev–Trinajstić information content (AvgIpc) is 2.66. The van der Waals surface area contributed by atoms with Gasteiger partial charge in [0.15, 0.2) is 0 Å². The lowest BCUT2D eigenvalue weighted by molar-refractivity contribution is -0.130. The number of hydrazine groups is 1. The van der Waals surface area contributed by atoms with Crippen LogP contribution in [0.15, 0.2) is 18.5 Å². The maximum absolute atomic E-state index is 11.9. The summed E-state index contributed by atoms with van der Waals surface area (Å²) >= 11 is 0. The number of nitrogens with zero attached hydrogens (tertiary/aromatic N) is 6. The summed E-state index contributed by atoms with van der Waals surface area (Å²) < 4.78 is 0. The first-order chi connectivity index (χ1) is 12.1. The molecule has 0 radical (unpaired) electrons. The Bertz CT molecular complexity index is 589. The van der Waals surface area contributed by atoms with E-state index >= 15 is 0 Å². The van der Waals surface area contributed by atoms with E-state index in [0.717, 1.165) is 51.5 Å². The predicted octanol–water partition coefficient (Wildman–Crippen LogP) is -0.223. The number of unbranched alkanes of at least 4 members (excludes halogenated alkanes) is 1. The highest BCUT2D eigenvalue weighted by molar-refractivity contribution is 5.96. The minimum atomic E-state index is -0.271. The monoisotopic (exact) mass is 347 g/mol. The second-order valence-corrected chi connectivity index (χ2v) is 6.31. The van der Waals surface area contributed by atoms with Crippen LogP contribution in [0.2, 0.25) is 0 Å². The summed E-state index contributed by atoms with van der Waals surface area (Å²) in [6.07, 6.45) is 5.47. The van der Waals surface area contributed by atoms with E-state index in [1.807, 2.05) is 6.07 Å². The number of aromatic nitrogens is 2. The second-order valence-electron chi connectivity index (χ2n) is 6.31. The van der Waals surface area contributed by atoms with Crippen molar-refractivity contribution in [3.05, 3.63) is 18.5 Å². The van der Waals surface area contributed by atoms with Crippen LogP contribution >= 0.6 is 0 Å². The van der Waals surface area contributed by atoms with E-state index in [1.165, 1.54) is 17.0 Å². The fourth-order valence-corrected chi connectivity index (χ4v) is 3.04. The van der Waals surface area contributed by atoms with Crippen molar-refractivity contribution < 1.29 is 9.59 Å². The topological polar surface area (TPSA) is 84.9 Å². The van der Waals surface area contributed by atoms with Gasteiger partial charge in [0.2, 0.25) is 11.9 Å². The Morgan fingerprint density at radius 3 is 2.44 bits per heavy atom. The lowest BCUT2D eigenvalue weighted by Crippen LogP contribution is -2.59. The van der Waals surface area contributed by atoms with Crippen molar-refractivity contribution in [2.45, 2.75) is 12.8 Å². The number of urea groups is 1. The third-order valence-corrected chi connectivity index (χ3v) is 4.63. The molecule has 0 aromatic carbocycles. The molecule has 1 N–H and O–H groups in total. The van der Waals surface area contributed by atoms with Crippen LogP contribution in [0.3, 0.4) is 0 Å². The fourth-order valence-electron chi connectivity index (χ4n) is 3.04. The molecule has 0 saturated carbocycles. The quantitative estimate of drug-likeness (QED) is 0.712. The summed E-state index contributed by atoms with van der Waals surface area (Å²) in [4.78, 5) is 37.8. The van der Waals surface area contributed by atoms with Crippen LogP contribution < -0.4 is 10.3 Å². The highest BCUT2D eigenvalue weighted by Gasteiger charge is 2.28. The Labute approximate surface area is 147 Å². The molecule has 3 rings (SSSR count). The molecule has 3 amide bonds. The lowest BCUT2D eigenvalue weighted by Gasteiger charge is -2.35. The zero-order valence-electron chi connectivity index (χ0n) is 14.6. The standard InChI is InChI=1S/C16H25N7O2/c1-20-14(24)13-19-23(16(20)25)8-3-2-7-21-9-11-22(12-10-21)15-17-5-4-6-18-15/h4-6,19H,2-3,7-13H2,1H3. The second kappa shape index (κ2) is 8.21. The number of amides is 3. The zero-order valence-corrected chi connectivity index (χ0v) is 14.6. The number of likely N-dealkylation sites (N-methyl/N-ethyl adjacent to an activating group) is 1. The Balaban J connectivity index is 1.33. The van der Waals surface area contributed by atoms with Gasteiger partial charge < -0.3 is 4.90 Å². The van der Waals surface area contributed by atoms with Crippen LogP contribution in [0.25, 0.3) is 0 Å². The van der Waals surface area contributed by atoms with Crippen molar-refractivity contribution >= 4 is 17.9 Å². The molecule has 0 unspecified atom stereocenters. The Hall–Kier alpha value is -2.26. The fraction of sp³-hybridized carbons (Fsp3) is 0.625. The summed E-state index contributed by atoms with van der Waals surface area (Å²) in [7, 11) is 1.52. The lowest BCUT2D eigenvalue weighted by atomic mass is 10.2. The van der Waals surface area contributed by atoms with Gasteiger partial charge in [-0.15, -0.1) is 0 Å². The minimum Gasteiger partial charge on any atom is -0.338 e. The van der Waals surface area contributed by atoms with Gasteiger partial charge in [-0.1, -0.05) is 0 Å². The van der Waals surface area contributed by atoms with Crippen molar-refractivity contribution in [3.8, 4) is 0 Å². The van der Waals surface area contributed by atoms with Gasteiger partial charge in [0.1, 0.15) is 0 Å². The molecule has 0 aliphatic carbocycles. The third-order valence-electron chi connectivity index (χ3n) is 4.63. The Morgan fingerprint density at radius 1 is 1.04 bits per heavy atom. The van der Waals surface area contributed by atoms with Crippen LogP contribution in [-0.4, -0.2) is 89.6 Å². The number of hydrogen-bond acceptors (Lipinski definition) is 7. The van der Waals surface area contributed by atoms with Crippen molar-refractivity contribution in [2.75, 3.05) is 57.8 Å². The van der Waals surface area contributed by atoms with Crippen LogP contribution in [-0.2, 0) is 4.79 Å². The number of imide groups is 1. The van der Waals surface area contributed by atoms with E-state index < -0.39 is 0 Å². The average molecular weight is 347 g/mol. The predicted molar refractivity (Wildman–Crippen MR) is 92.8 cm³/mol. The Kier molecular flexibility index (Phi) is 5.77. The van der Waals surface area contributed by atoms with Gasteiger partial charge in [-0.05, 0) is 25.5 Å². The molecule has 9 nitrogen and oxygen atoms in total. The summed E-state index contributed by atoms with van der Waals surface area (Å²) in [5.41, 5.74) is 2.87. The number of anilines is 1. The molecular formula is C16H25N7O2. The van der Waals surface area contributed by atoms with E-state index in [9.17, 15) is 9.59 Å². The molecule has 9 heteroatoms. The molecule has 0 spiro atoms. The molecule has 1 aromatic rings. The van der Waals surface area contributed by atoms with Gasteiger partial charge in [-0.3, -0.25) is 19.6 Å². The molecule has 1 aromatic heterocycles. The third kappa shape index (κ3) is 4.43. The van der Waals surface area contributed by atoms with Crippen LogP contribution in [0.4, 0.5) is 10.7 Å². The van der Waals surface area contributed by atoms with Crippen LogP contribution in [0.5, 0.6) is 0 Å². The molecule has 0 atom stereocenters. The highest BCUT2D eigenvalue weighted by atomic mass is 16.2. The number of carbonyl (C=O) groups is 2. The number of piperazine rings is 1. The first-order valence-electron chi connectivity index (χ1n) is 8.71. The smallest absolute Gasteiger partial charge is 0.338 e. The highest BCUT2D eigenvalue weighted by Crippen LogP contribution is 2.10. The number of hydrogen-bond donors (Lipinski definition) is 1. The summed E-state index contributed by atoms with van der Waals surface area (Å²) in [5.74, 6) is 0.608. The number of rotatable bonds is 6. The molecule has 2 fully saturated rings. The minimum absolute atomic E-state index is 0.186.